The Labute approximate surface area is 165 Å². The Morgan fingerprint density at radius 1 is 1.29 bits per heavy atom. The van der Waals surface area contributed by atoms with E-state index < -0.39 is 0 Å². The van der Waals surface area contributed by atoms with E-state index in [1.54, 1.807) is 7.11 Å². The van der Waals surface area contributed by atoms with Gasteiger partial charge in [-0.3, -0.25) is 9.89 Å². The zero-order chi connectivity index (χ0) is 16.7. The minimum absolute atomic E-state index is 0. The molecular formula is C18H37IN4O. The summed E-state index contributed by atoms with van der Waals surface area (Å²) < 4.78 is 5.31. The molecule has 1 N–H and O–H groups in total. The largest absolute Gasteiger partial charge is 0.384 e. The van der Waals surface area contributed by atoms with Crippen LogP contribution in [-0.2, 0) is 4.74 Å². The number of nitrogens with one attached hydrogen (secondary N) is 1. The number of nitrogens with zero attached hydrogens (tertiary/aromatic N) is 3. The molecule has 6 heteroatoms. The van der Waals surface area contributed by atoms with Crippen LogP contribution in [0, 0.1) is 11.8 Å². The number of methoxy groups -OCH3 is 1. The molecule has 142 valence electrons. The maximum atomic E-state index is 5.31. The van der Waals surface area contributed by atoms with Crippen molar-refractivity contribution in [3.8, 4) is 0 Å². The van der Waals surface area contributed by atoms with Gasteiger partial charge >= 0.3 is 0 Å². The van der Waals surface area contributed by atoms with E-state index in [1.807, 2.05) is 0 Å². The van der Waals surface area contributed by atoms with E-state index in [1.165, 1.54) is 32.4 Å². The third-order valence-electron chi connectivity index (χ3n) is 5.14. The molecule has 0 amide bonds. The van der Waals surface area contributed by atoms with E-state index in [4.69, 9.17) is 9.73 Å². The lowest BCUT2D eigenvalue weighted by Gasteiger charge is -2.35. The van der Waals surface area contributed by atoms with Gasteiger partial charge in [-0.1, -0.05) is 6.92 Å². The first-order valence-electron chi connectivity index (χ1n) is 9.40. The second-order valence-electron chi connectivity index (χ2n) is 7.34. The van der Waals surface area contributed by atoms with Gasteiger partial charge in [-0.2, -0.15) is 0 Å². The van der Waals surface area contributed by atoms with E-state index >= 15 is 0 Å². The van der Waals surface area contributed by atoms with Crippen LogP contribution in [0.1, 0.15) is 40.0 Å². The van der Waals surface area contributed by atoms with Crippen molar-refractivity contribution in [2.45, 2.75) is 46.1 Å². The standard InChI is InChI=1S/C18H36N4O.HI/c1-5-19-18(22-10-8-17(13-22)14-23-4)20-11-16(3)21-9-6-7-15(2)12-21;/h15-17H,5-14H2,1-4H3,(H,19,20);1H. The van der Waals surface area contributed by atoms with Gasteiger partial charge in [0.2, 0.25) is 0 Å². The van der Waals surface area contributed by atoms with Crippen LogP contribution in [0.5, 0.6) is 0 Å². The first-order chi connectivity index (χ1) is 11.1. The quantitative estimate of drug-likeness (QED) is 0.382. The number of guanidine groups is 1. The summed E-state index contributed by atoms with van der Waals surface area (Å²) in [5.74, 6) is 2.56. The Morgan fingerprint density at radius 3 is 2.75 bits per heavy atom. The van der Waals surface area contributed by atoms with E-state index in [-0.39, 0.29) is 24.0 Å². The Hall–Kier alpha value is -0.0800. The predicted molar refractivity (Wildman–Crippen MR) is 112 cm³/mol. The van der Waals surface area contributed by atoms with Crippen LogP contribution >= 0.6 is 24.0 Å². The summed E-state index contributed by atoms with van der Waals surface area (Å²) in [5, 5.41) is 3.47. The summed E-state index contributed by atoms with van der Waals surface area (Å²) in [5.41, 5.74) is 0. The van der Waals surface area contributed by atoms with Crippen molar-refractivity contribution in [3.05, 3.63) is 0 Å². The topological polar surface area (TPSA) is 40.1 Å². The summed E-state index contributed by atoms with van der Waals surface area (Å²) in [4.78, 5) is 9.95. The molecule has 3 unspecified atom stereocenters. The SMILES string of the molecule is CCNC(=NCC(C)N1CCCC(C)C1)N1CCC(COC)C1.I. The summed E-state index contributed by atoms with van der Waals surface area (Å²) in [6, 6.07) is 0.531. The third kappa shape index (κ3) is 6.67. The number of rotatable bonds is 6. The van der Waals surface area contributed by atoms with Crippen LogP contribution in [0.25, 0.3) is 0 Å². The molecule has 0 aromatic heterocycles. The molecule has 0 spiro atoms. The Bertz CT molecular complexity index is 380. The highest BCUT2D eigenvalue weighted by molar-refractivity contribution is 14.0. The first-order valence-corrected chi connectivity index (χ1v) is 9.40. The van der Waals surface area contributed by atoms with Crippen molar-refractivity contribution in [1.82, 2.24) is 15.1 Å². The third-order valence-corrected chi connectivity index (χ3v) is 5.14. The number of likely N-dealkylation sites (tertiary alicyclic amines) is 2. The fourth-order valence-corrected chi connectivity index (χ4v) is 3.78. The molecule has 2 fully saturated rings. The second-order valence-corrected chi connectivity index (χ2v) is 7.34. The molecule has 0 radical (unpaired) electrons. The van der Waals surface area contributed by atoms with Gasteiger partial charge in [-0.05, 0) is 45.6 Å². The Kier molecular flexibility index (Phi) is 10.5. The van der Waals surface area contributed by atoms with Gasteiger partial charge < -0.3 is 15.0 Å². The lowest BCUT2D eigenvalue weighted by molar-refractivity contribution is 0.142. The van der Waals surface area contributed by atoms with E-state index in [9.17, 15) is 0 Å². The summed E-state index contributed by atoms with van der Waals surface area (Å²) >= 11 is 0. The van der Waals surface area contributed by atoms with Crippen molar-refractivity contribution in [2.75, 3.05) is 53.0 Å². The van der Waals surface area contributed by atoms with Crippen LogP contribution in [0.15, 0.2) is 4.99 Å². The molecule has 2 saturated heterocycles. The second kappa shape index (κ2) is 11.5. The van der Waals surface area contributed by atoms with Crippen molar-refractivity contribution >= 4 is 29.9 Å². The fourth-order valence-electron chi connectivity index (χ4n) is 3.78. The average Bonchev–Trinajstić information content (AvgIpc) is 3.00. The van der Waals surface area contributed by atoms with Crippen LogP contribution in [-0.4, -0.2) is 74.8 Å². The van der Waals surface area contributed by atoms with Crippen LogP contribution in [0.3, 0.4) is 0 Å². The van der Waals surface area contributed by atoms with Gasteiger partial charge in [-0.15, -0.1) is 24.0 Å². The molecule has 5 nitrogen and oxygen atoms in total. The summed E-state index contributed by atoms with van der Waals surface area (Å²) in [6.45, 7) is 14.1. The van der Waals surface area contributed by atoms with E-state index in [0.29, 0.717) is 12.0 Å². The van der Waals surface area contributed by atoms with Crippen LogP contribution < -0.4 is 5.32 Å². The van der Waals surface area contributed by atoms with Gasteiger partial charge in [0, 0.05) is 45.2 Å². The van der Waals surface area contributed by atoms with E-state index in [2.05, 4.69) is 35.9 Å². The molecule has 0 bridgehead atoms. The maximum Gasteiger partial charge on any atom is 0.193 e. The normalized spacial score (nSPS) is 27.0. The molecule has 0 saturated carbocycles. The van der Waals surface area contributed by atoms with Gasteiger partial charge in [0.15, 0.2) is 5.96 Å². The molecular weight excluding hydrogens is 415 g/mol. The van der Waals surface area contributed by atoms with Crippen LogP contribution in [0.2, 0.25) is 0 Å². The monoisotopic (exact) mass is 452 g/mol. The molecule has 2 rings (SSSR count). The molecule has 2 aliphatic rings. The highest BCUT2D eigenvalue weighted by Gasteiger charge is 2.25. The Morgan fingerprint density at radius 2 is 2.08 bits per heavy atom. The molecule has 3 atom stereocenters. The molecule has 2 heterocycles. The van der Waals surface area contributed by atoms with Crippen molar-refractivity contribution in [2.24, 2.45) is 16.8 Å². The number of ether oxygens (including phenoxy) is 1. The number of aliphatic imine (C=N–C) groups is 1. The van der Waals surface area contributed by atoms with E-state index in [0.717, 1.165) is 44.7 Å². The molecule has 0 aromatic carbocycles. The van der Waals surface area contributed by atoms with Gasteiger partial charge in [0.25, 0.3) is 0 Å². The zero-order valence-electron chi connectivity index (χ0n) is 16.0. The molecule has 24 heavy (non-hydrogen) atoms. The lowest BCUT2D eigenvalue weighted by atomic mass is 9.99. The van der Waals surface area contributed by atoms with Crippen molar-refractivity contribution in [1.29, 1.82) is 0 Å². The van der Waals surface area contributed by atoms with Gasteiger partial charge in [0.05, 0.1) is 13.2 Å². The average molecular weight is 452 g/mol. The Balaban J connectivity index is 0.00000288. The van der Waals surface area contributed by atoms with Gasteiger partial charge in [0.1, 0.15) is 0 Å². The molecule has 0 aromatic rings. The molecule has 2 aliphatic heterocycles. The number of hydrogen-bond donors (Lipinski definition) is 1. The van der Waals surface area contributed by atoms with Crippen molar-refractivity contribution in [3.63, 3.8) is 0 Å². The summed E-state index contributed by atoms with van der Waals surface area (Å²) in [6.07, 6.45) is 3.92. The first kappa shape index (κ1) is 22.0. The number of hydrogen-bond acceptors (Lipinski definition) is 3. The minimum Gasteiger partial charge on any atom is -0.384 e. The summed E-state index contributed by atoms with van der Waals surface area (Å²) in [7, 11) is 1.79. The minimum atomic E-state index is 0. The highest BCUT2D eigenvalue weighted by atomic mass is 127. The van der Waals surface area contributed by atoms with Crippen LogP contribution in [0.4, 0.5) is 0 Å². The zero-order valence-corrected chi connectivity index (χ0v) is 18.3. The van der Waals surface area contributed by atoms with Gasteiger partial charge in [-0.25, -0.2) is 0 Å². The molecule has 0 aliphatic carbocycles. The highest BCUT2D eigenvalue weighted by Crippen LogP contribution is 2.19. The van der Waals surface area contributed by atoms with Crippen molar-refractivity contribution < 1.29 is 4.74 Å². The number of halogens is 1. The predicted octanol–water partition coefficient (Wildman–Crippen LogP) is 2.66. The maximum absolute atomic E-state index is 5.31. The smallest absolute Gasteiger partial charge is 0.193 e. The number of piperidine rings is 1. The fraction of sp³-hybridized carbons (Fsp3) is 0.944. The lowest BCUT2D eigenvalue weighted by Crippen LogP contribution is -2.44.